The predicted octanol–water partition coefficient (Wildman–Crippen LogP) is 1.72. The first-order chi connectivity index (χ1) is 11.8. The zero-order valence-electron chi connectivity index (χ0n) is 14.5. The minimum absolute atomic E-state index is 0.850. The highest BCUT2D eigenvalue weighted by molar-refractivity contribution is 5.38. The Balaban J connectivity index is 1.48. The normalized spacial score (nSPS) is 16.2. The lowest BCUT2D eigenvalue weighted by atomic mass is 10.1. The number of imidazole rings is 1. The van der Waals surface area contributed by atoms with Gasteiger partial charge in [0.1, 0.15) is 11.5 Å². The fraction of sp³-hybridized carbons (Fsp3) is 0.500. The molecule has 2 aromatic rings. The molecule has 0 spiro atoms. The minimum atomic E-state index is 0.850. The van der Waals surface area contributed by atoms with Crippen molar-refractivity contribution < 1.29 is 9.47 Å². The first-order valence-corrected chi connectivity index (χ1v) is 8.39. The SMILES string of the molecule is COc1cc(CN2CCN(CCn3ccnc3)CC2)cc(OC)c1. The monoisotopic (exact) mass is 330 g/mol. The zero-order valence-corrected chi connectivity index (χ0v) is 14.5. The first kappa shape index (κ1) is 16.8. The second-order valence-corrected chi connectivity index (χ2v) is 6.14. The summed E-state index contributed by atoms with van der Waals surface area (Å²) in [6, 6.07) is 6.10. The van der Waals surface area contributed by atoms with Crippen LogP contribution in [0.5, 0.6) is 11.5 Å². The van der Waals surface area contributed by atoms with Crippen molar-refractivity contribution in [2.45, 2.75) is 13.1 Å². The lowest BCUT2D eigenvalue weighted by Gasteiger charge is -2.34. The lowest BCUT2D eigenvalue weighted by molar-refractivity contribution is 0.124. The number of hydrogen-bond acceptors (Lipinski definition) is 5. The Labute approximate surface area is 143 Å². The molecule has 24 heavy (non-hydrogen) atoms. The summed E-state index contributed by atoms with van der Waals surface area (Å²) in [5.74, 6) is 1.70. The van der Waals surface area contributed by atoms with Gasteiger partial charge < -0.3 is 14.0 Å². The molecule has 0 aliphatic carbocycles. The van der Waals surface area contributed by atoms with E-state index in [0.717, 1.165) is 57.3 Å². The third-order valence-electron chi connectivity index (χ3n) is 4.52. The third-order valence-corrected chi connectivity index (χ3v) is 4.52. The van der Waals surface area contributed by atoms with E-state index in [1.165, 1.54) is 5.56 Å². The molecule has 130 valence electrons. The van der Waals surface area contributed by atoms with Gasteiger partial charge in [-0.25, -0.2) is 4.98 Å². The van der Waals surface area contributed by atoms with Crippen molar-refractivity contribution in [3.63, 3.8) is 0 Å². The Morgan fingerprint density at radius 2 is 1.58 bits per heavy atom. The molecule has 6 heteroatoms. The fourth-order valence-corrected chi connectivity index (χ4v) is 3.06. The van der Waals surface area contributed by atoms with Crippen molar-refractivity contribution in [2.75, 3.05) is 46.9 Å². The Bertz CT molecular complexity index is 600. The minimum Gasteiger partial charge on any atom is -0.497 e. The van der Waals surface area contributed by atoms with Crippen LogP contribution in [0.25, 0.3) is 0 Å². The van der Waals surface area contributed by atoms with Gasteiger partial charge in [0.05, 0.1) is 20.5 Å². The highest BCUT2D eigenvalue weighted by Crippen LogP contribution is 2.23. The molecule has 0 saturated carbocycles. The van der Waals surface area contributed by atoms with Gasteiger partial charge in [-0.3, -0.25) is 9.80 Å². The van der Waals surface area contributed by atoms with Gasteiger partial charge in [-0.1, -0.05) is 0 Å². The maximum atomic E-state index is 5.36. The standard InChI is InChI=1S/C18H26N4O2/c1-23-17-11-16(12-18(13-17)24-2)14-21-8-5-20(6-9-21)7-10-22-4-3-19-15-22/h3-4,11-13,15H,5-10,14H2,1-2H3. The summed E-state index contributed by atoms with van der Waals surface area (Å²) in [7, 11) is 3.38. The van der Waals surface area contributed by atoms with E-state index in [9.17, 15) is 0 Å². The van der Waals surface area contributed by atoms with Crippen LogP contribution >= 0.6 is 0 Å². The number of hydrogen-bond donors (Lipinski definition) is 0. The molecule has 0 unspecified atom stereocenters. The molecule has 0 radical (unpaired) electrons. The largest absolute Gasteiger partial charge is 0.497 e. The average molecular weight is 330 g/mol. The molecule has 0 atom stereocenters. The Hall–Kier alpha value is -2.05. The Morgan fingerprint density at radius 3 is 2.17 bits per heavy atom. The molecule has 1 aliphatic heterocycles. The molecule has 0 bridgehead atoms. The quantitative estimate of drug-likeness (QED) is 0.773. The van der Waals surface area contributed by atoms with E-state index in [2.05, 4.69) is 31.5 Å². The van der Waals surface area contributed by atoms with Crippen LogP contribution in [-0.4, -0.2) is 66.3 Å². The van der Waals surface area contributed by atoms with Gasteiger partial charge in [-0.05, 0) is 17.7 Å². The van der Waals surface area contributed by atoms with E-state index in [4.69, 9.17) is 9.47 Å². The smallest absolute Gasteiger partial charge is 0.122 e. The second-order valence-electron chi connectivity index (χ2n) is 6.14. The molecule has 2 heterocycles. The highest BCUT2D eigenvalue weighted by atomic mass is 16.5. The molecular formula is C18H26N4O2. The molecule has 3 rings (SSSR count). The summed E-state index contributed by atoms with van der Waals surface area (Å²) < 4.78 is 12.8. The van der Waals surface area contributed by atoms with Crippen LogP contribution in [0.2, 0.25) is 0 Å². The van der Waals surface area contributed by atoms with Crippen molar-refractivity contribution in [2.24, 2.45) is 0 Å². The number of ether oxygens (including phenoxy) is 2. The molecule has 1 fully saturated rings. The molecule has 1 saturated heterocycles. The van der Waals surface area contributed by atoms with Gasteiger partial charge in [0.25, 0.3) is 0 Å². The van der Waals surface area contributed by atoms with Crippen LogP contribution in [0.3, 0.4) is 0 Å². The van der Waals surface area contributed by atoms with Gasteiger partial charge in [0.2, 0.25) is 0 Å². The van der Waals surface area contributed by atoms with Crippen LogP contribution in [0.1, 0.15) is 5.56 Å². The summed E-state index contributed by atoms with van der Waals surface area (Å²) in [6.07, 6.45) is 5.74. The zero-order chi connectivity index (χ0) is 16.8. The van der Waals surface area contributed by atoms with Gasteiger partial charge in [0.15, 0.2) is 0 Å². The van der Waals surface area contributed by atoms with E-state index in [-0.39, 0.29) is 0 Å². The summed E-state index contributed by atoms with van der Waals surface area (Å²) in [6.45, 7) is 7.41. The average Bonchev–Trinajstić information content (AvgIpc) is 3.14. The van der Waals surface area contributed by atoms with E-state index in [1.54, 1.807) is 14.2 Å². The highest BCUT2D eigenvalue weighted by Gasteiger charge is 2.17. The van der Waals surface area contributed by atoms with Crippen molar-refractivity contribution in [1.82, 2.24) is 19.4 Å². The van der Waals surface area contributed by atoms with E-state index < -0.39 is 0 Å². The van der Waals surface area contributed by atoms with Crippen molar-refractivity contribution >= 4 is 0 Å². The predicted molar refractivity (Wildman–Crippen MR) is 93.5 cm³/mol. The van der Waals surface area contributed by atoms with Crippen molar-refractivity contribution in [3.05, 3.63) is 42.5 Å². The van der Waals surface area contributed by atoms with Crippen LogP contribution < -0.4 is 9.47 Å². The van der Waals surface area contributed by atoms with Crippen molar-refractivity contribution in [3.8, 4) is 11.5 Å². The van der Waals surface area contributed by atoms with E-state index in [1.807, 2.05) is 24.8 Å². The number of piperazine rings is 1. The second kappa shape index (κ2) is 8.17. The van der Waals surface area contributed by atoms with Gasteiger partial charge in [-0.15, -0.1) is 0 Å². The van der Waals surface area contributed by atoms with Crippen molar-refractivity contribution in [1.29, 1.82) is 0 Å². The Kier molecular flexibility index (Phi) is 5.72. The molecule has 0 N–H and O–H groups in total. The lowest BCUT2D eigenvalue weighted by Crippen LogP contribution is -2.46. The van der Waals surface area contributed by atoms with Gasteiger partial charge in [0, 0.05) is 64.3 Å². The van der Waals surface area contributed by atoms with Gasteiger partial charge in [-0.2, -0.15) is 0 Å². The first-order valence-electron chi connectivity index (χ1n) is 8.39. The molecule has 0 amide bonds. The molecule has 6 nitrogen and oxygen atoms in total. The van der Waals surface area contributed by atoms with Crippen LogP contribution in [0.4, 0.5) is 0 Å². The Morgan fingerprint density at radius 1 is 0.917 bits per heavy atom. The number of nitrogens with zero attached hydrogens (tertiary/aromatic N) is 4. The van der Waals surface area contributed by atoms with E-state index in [0.29, 0.717) is 0 Å². The topological polar surface area (TPSA) is 42.8 Å². The number of rotatable bonds is 7. The van der Waals surface area contributed by atoms with Crippen LogP contribution in [0.15, 0.2) is 36.9 Å². The van der Waals surface area contributed by atoms with Gasteiger partial charge >= 0.3 is 0 Å². The molecule has 1 aromatic heterocycles. The molecular weight excluding hydrogens is 304 g/mol. The van der Waals surface area contributed by atoms with Crippen LogP contribution in [-0.2, 0) is 13.1 Å². The van der Waals surface area contributed by atoms with E-state index >= 15 is 0 Å². The maximum Gasteiger partial charge on any atom is 0.122 e. The number of benzene rings is 1. The number of aromatic nitrogens is 2. The molecule has 1 aliphatic rings. The summed E-state index contributed by atoms with van der Waals surface area (Å²) in [4.78, 5) is 9.09. The fourth-order valence-electron chi connectivity index (χ4n) is 3.06. The summed E-state index contributed by atoms with van der Waals surface area (Å²) in [5, 5.41) is 0. The third kappa shape index (κ3) is 4.49. The molecule has 1 aromatic carbocycles. The maximum absolute atomic E-state index is 5.36. The van der Waals surface area contributed by atoms with Crippen LogP contribution in [0, 0.1) is 0 Å². The number of methoxy groups -OCH3 is 2. The summed E-state index contributed by atoms with van der Waals surface area (Å²) >= 11 is 0. The summed E-state index contributed by atoms with van der Waals surface area (Å²) in [5.41, 5.74) is 1.23.